The van der Waals surface area contributed by atoms with Gasteiger partial charge in [-0.15, -0.1) is 0 Å². The number of amides is 1. The van der Waals surface area contributed by atoms with Crippen LogP contribution in [0.1, 0.15) is 23.7 Å². The molecule has 0 saturated carbocycles. The minimum atomic E-state index is -0.772. The van der Waals surface area contributed by atoms with E-state index in [1.165, 1.54) is 16.9 Å². The first kappa shape index (κ1) is 17.1. The highest BCUT2D eigenvalue weighted by molar-refractivity contribution is 5.99. The van der Waals surface area contributed by atoms with Crippen molar-refractivity contribution in [3.63, 3.8) is 0 Å². The first-order chi connectivity index (χ1) is 10.9. The quantitative estimate of drug-likeness (QED) is 0.856. The zero-order chi connectivity index (χ0) is 17.0. The van der Waals surface area contributed by atoms with Gasteiger partial charge in [-0.2, -0.15) is 5.10 Å². The van der Waals surface area contributed by atoms with Crippen molar-refractivity contribution < 1.29 is 18.7 Å². The molecule has 2 rings (SSSR count). The van der Waals surface area contributed by atoms with Crippen molar-refractivity contribution in [2.45, 2.75) is 13.3 Å². The summed E-state index contributed by atoms with van der Waals surface area (Å²) in [6, 6.07) is 3.14. The van der Waals surface area contributed by atoms with Crippen LogP contribution in [-0.2, 0) is 7.05 Å². The lowest BCUT2D eigenvalue weighted by Crippen LogP contribution is -2.28. The van der Waals surface area contributed by atoms with Gasteiger partial charge in [0.2, 0.25) is 0 Å². The summed E-state index contributed by atoms with van der Waals surface area (Å²) in [6.45, 7) is 2.34. The molecule has 1 heterocycles. The van der Waals surface area contributed by atoms with Gasteiger partial charge >= 0.3 is 0 Å². The highest BCUT2D eigenvalue weighted by Gasteiger charge is 2.20. The smallest absolute Gasteiger partial charge is 0.255 e. The van der Waals surface area contributed by atoms with E-state index < -0.39 is 11.6 Å². The van der Waals surface area contributed by atoms with Crippen molar-refractivity contribution in [1.82, 2.24) is 15.1 Å². The lowest BCUT2D eigenvalue weighted by molar-refractivity contribution is 0.0946. The standard InChI is InChI=1S/C16H19F2N3O2/c1-10(5-6-22)8-19-16(23)13-9-21(2)20-15(13)12-4-3-11(17)7-14(12)18/h3-4,7,9-10,22H,5-6,8H2,1-2H3,(H,19,23). The SMILES string of the molecule is CC(CCO)CNC(=O)c1cn(C)nc1-c1ccc(F)cc1F. The maximum absolute atomic E-state index is 14.0. The molecule has 7 heteroatoms. The number of aromatic nitrogens is 2. The Morgan fingerprint density at radius 2 is 2.17 bits per heavy atom. The fraction of sp³-hybridized carbons (Fsp3) is 0.375. The van der Waals surface area contributed by atoms with Crippen LogP contribution >= 0.6 is 0 Å². The van der Waals surface area contributed by atoms with E-state index in [1.54, 1.807) is 7.05 Å². The molecule has 1 aromatic heterocycles. The van der Waals surface area contributed by atoms with Crippen molar-refractivity contribution in [1.29, 1.82) is 0 Å². The summed E-state index contributed by atoms with van der Waals surface area (Å²) in [5, 5.41) is 15.7. The molecule has 1 amide bonds. The fourth-order valence-corrected chi connectivity index (χ4v) is 2.22. The second-order valence-electron chi connectivity index (χ2n) is 5.52. The lowest BCUT2D eigenvalue weighted by Gasteiger charge is -2.11. The van der Waals surface area contributed by atoms with E-state index in [9.17, 15) is 13.6 Å². The Kier molecular flexibility index (Phi) is 5.44. The monoisotopic (exact) mass is 323 g/mol. The van der Waals surface area contributed by atoms with Crippen LogP contribution in [0.2, 0.25) is 0 Å². The van der Waals surface area contributed by atoms with Gasteiger partial charge in [0.15, 0.2) is 0 Å². The van der Waals surface area contributed by atoms with Gasteiger partial charge in [-0.3, -0.25) is 9.48 Å². The molecular formula is C16H19F2N3O2. The second kappa shape index (κ2) is 7.32. The van der Waals surface area contributed by atoms with Gasteiger partial charge in [-0.05, 0) is 24.5 Å². The number of carbonyl (C=O) groups is 1. The molecule has 0 aliphatic carbocycles. The number of nitrogens with one attached hydrogen (secondary N) is 1. The molecular weight excluding hydrogens is 304 g/mol. The first-order valence-electron chi connectivity index (χ1n) is 7.30. The van der Waals surface area contributed by atoms with E-state index in [1.807, 2.05) is 6.92 Å². The fourth-order valence-electron chi connectivity index (χ4n) is 2.22. The number of benzene rings is 1. The predicted octanol–water partition coefficient (Wildman–Crippen LogP) is 2.11. The Morgan fingerprint density at radius 3 is 2.83 bits per heavy atom. The molecule has 0 aliphatic heterocycles. The van der Waals surface area contributed by atoms with Crippen LogP contribution < -0.4 is 5.32 Å². The molecule has 1 unspecified atom stereocenters. The molecule has 0 aliphatic rings. The van der Waals surface area contributed by atoms with E-state index >= 15 is 0 Å². The first-order valence-corrected chi connectivity index (χ1v) is 7.30. The maximum Gasteiger partial charge on any atom is 0.255 e. The van der Waals surface area contributed by atoms with Gasteiger partial charge in [0.1, 0.15) is 17.3 Å². The summed E-state index contributed by atoms with van der Waals surface area (Å²) in [5.41, 5.74) is 0.451. The molecule has 2 aromatic rings. The minimum absolute atomic E-state index is 0.0516. The summed E-state index contributed by atoms with van der Waals surface area (Å²) < 4.78 is 28.4. The minimum Gasteiger partial charge on any atom is -0.396 e. The highest BCUT2D eigenvalue weighted by atomic mass is 19.1. The Labute approximate surface area is 132 Å². The second-order valence-corrected chi connectivity index (χ2v) is 5.52. The molecule has 1 atom stereocenters. The molecule has 2 N–H and O–H groups in total. The molecule has 1 aromatic carbocycles. The number of aryl methyl sites for hydroxylation is 1. The van der Waals surface area contributed by atoms with Gasteiger partial charge in [0.25, 0.3) is 5.91 Å². The number of rotatable bonds is 6. The van der Waals surface area contributed by atoms with Crippen LogP contribution in [0.15, 0.2) is 24.4 Å². The summed E-state index contributed by atoms with van der Waals surface area (Å²) >= 11 is 0. The van der Waals surface area contributed by atoms with Crippen molar-refractivity contribution >= 4 is 5.91 Å². The Bertz CT molecular complexity index is 701. The number of hydrogen-bond acceptors (Lipinski definition) is 3. The zero-order valence-electron chi connectivity index (χ0n) is 13.0. The van der Waals surface area contributed by atoms with Crippen LogP contribution in [0.25, 0.3) is 11.3 Å². The number of carbonyl (C=O) groups excluding carboxylic acids is 1. The van der Waals surface area contributed by atoms with E-state index in [-0.39, 0.29) is 35.3 Å². The molecule has 0 radical (unpaired) electrons. The van der Waals surface area contributed by atoms with Crippen LogP contribution in [0.5, 0.6) is 0 Å². The van der Waals surface area contributed by atoms with E-state index in [2.05, 4.69) is 10.4 Å². The van der Waals surface area contributed by atoms with Crippen molar-refractivity contribution in [2.75, 3.05) is 13.2 Å². The van der Waals surface area contributed by atoms with Crippen LogP contribution in [0.3, 0.4) is 0 Å². The molecule has 23 heavy (non-hydrogen) atoms. The maximum atomic E-state index is 14.0. The van der Waals surface area contributed by atoms with E-state index in [0.29, 0.717) is 13.0 Å². The van der Waals surface area contributed by atoms with Crippen LogP contribution in [-0.4, -0.2) is 33.9 Å². The van der Waals surface area contributed by atoms with Gasteiger partial charge < -0.3 is 10.4 Å². The molecule has 0 fully saturated rings. The van der Waals surface area contributed by atoms with Crippen LogP contribution in [0, 0.1) is 17.6 Å². The third-order valence-electron chi connectivity index (χ3n) is 3.49. The van der Waals surface area contributed by atoms with Crippen molar-refractivity contribution in [3.05, 3.63) is 41.6 Å². The number of aliphatic hydroxyl groups excluding tert-OH is 1. The molecule has 0 spiro atoms. The van der Waals surface area contributed by atoms with E-state index in [4.69, 9.17) is 5.11 Å². The number of aliphatic hydroxyl groups is 1. The lowest BCUT2D eigenvalue weighted by atomic mass is 10.1. The third-order valence-corrected chi connectivity index (χ3v) is 3.49. The van der Waals surface area contributed by atoms with Gasteiger partial charge in [-0.25, -0.2) is 8.78 Å². The Balaban J connectivity index is 2.25. The molecule has 0 saturated heterocycles. The summed E-state index contributed by atoms with van der Waals surface area (Å²) in [4.78, 5) is 12.3. The average Bonchev–Trinajstić information content (AvgIpc) is 2.87. The van der Waals surface area contributed by atoms with Gasteiger partial charge in [-0.1, -0.05) is 6.92 Å². The summed E-state index contributed by atoms with van der Waals surface area (Å²) in [7, 11) is 1.62. The largest absolute Gasteiger partial charge is 0.396 e. The van der Waals surface area contributed by atoms with Gasteiger partial charge in [0, 0.05) is 38.0 Å². The van der Waals surface area contributed by atoms with Crippen molar-refractivity contribution in [3.8, 4) is 11.3 Å². The highest BCUT2D eigenvalue weighted by Crippen LogP contribution is 2.25. The molecule has 124 valence electrons. The zero-order valence-corrected chi connectivity index (χ0v) is 13.0. The normalized spacial score (nSPS) is 12.2. The molecule has 5 nitrogen and oxygen atoms in total. The topological polar surface area (TPSA) is 67.2 Å². The van der Waals surface area contributed by atoms with Crippen LogP contribution in [0.4, 0.5) is 8.78 Å². The third kappa shape index (κ3) is 4.13. The molecule has 0 bridgehead atoms. The van der Waals surface area contributed by atoms with Gasteiger partial charge in [0.05, 0.1) is 5.56 Å². The Morgan fingerprint density at radius 1 is 1.43 bits per heavy atom. The predicted molar refractivity (Wildman–Crippen MR) is 81.8 cm³/mol. The summed E-state index contributed by atoms with van der Waals surface area (Å²) in [6.07, 6.45) is 2.07. The Hall–Kier alpha value is -2.28. The number of hydrogen-bond donors (Lipinski definition) is 2. The number of halogens is 2. The van der Waals surface area contributed by atoms with Crippen molar-refractivity contribution in [2.24, 2.45) is 13.0 Å². The average molecular weight is 323 g/mol. The summed E-state index contributed by atoms with van der Waals surface area (Å²) in [5.74, 6) is -1.73. The van der Waals surface area contributed by atoms with E-state index in [0.717, 1.165) is 12.1 Å². The number of nitrogens with zero attached hydrogens (tertiary/aromatic N) is 2.